The number of benzene rings is 6. The molecule has 0 atom stereocenters. The second kappa shape index (κ2) is 9.84. The summed E-state index contributed by atoms with van der Waals surface area (Å²) in [7, 11) is 0. The van der Waals surface area contributed by atoms with Gasteiger partial charge in [0.15, 0.2) is 0 Å². The lowest BCUT2D eigenvalue weighted by atomic mass is 9.33. The number of anilines is 6. The Kier molecular flexibility index (Phi) is 5.50. The van der Waals surface area contributed by atoms with Gasteiger partial charge in [0.25, 0.3) is 6.71 Å². The van der Waals surface area contributed by atoms with Gasteiger partial charge in [-0.05, 0) is 82.8 Å². The second-order valence-corrected chi connectivity index (χ2v) is 14.9. The van der Waals surface area contributed by atoms with Crippen LogP contribution in [-0.4, -0.2) is 6.71 Å². The van der Waals surface area contributed by atoms with Crippen molar-refractivity contribution < 1.29 is 0 Å². The van der Waals surface area contributed by atoms with E-state index in [-0.39, 0.29) is 6.71 Å². The van der Waals surface area contributed by atoms with Crippen LogP contribution in [0.25, 0.3) is 16.7 Å². The van der Waals surface area contributed by atoms with E-state index < -0.39 is 0 Å². The van der Waals surface area contributed by atoms with Crippen LogP contribution in [0.3, 0.4) is 0 Å². The Morgan fingerprint density at radius 1 is 0.532 bits per heavy atom. The zero-order chi connectivity index (χ0) is 30.6. The van der Waals surface area contributed by atoms with Crippen molar-refractivity contribution in [2.24, 2.45) is 0 Å². The van der Waals surface area contributed by atoms with Crippen LogP contribution in [0.1, 0.15) is 18.4 Å². The molecule has 4 aliphatic heterocycles. The minimum atomic E-state index is 0.108. The number of hydrogen-bond donors (Lipinski definition) is 0. The molecule has 2 nitrogen and oxygen atoms in total. The van der Waals surface area contributed by atoms with Crippen molar-refractivity contribution in [3.8, 4) is 11.1 Å². The Labute approximate surface area is 283 Å². The van der Waals surface area contributed by atoms with E-state index in [0.29, 0.717) is 0 Å². The minimum absolute atomic E-state index is 0.108. The molecule has 1 aliphatic carbocycles. The number of nitrogens with zero attached hydrogens (tertiary/aromatic N) is 2. The Morgan fingerprint density at radius 3 is 1.72 bits per heavy atom. The molecule has 0 radical (unpaired) electrons. The van der Waals surface area contributed by atoms with E-state index in [1.165, 1.54) is 92.4 Å². The minimum Gasteiger partial charge on any atom is -0.309 e. The zero-order valence-corrected chi connectivity index (χ0v) is 27.1. The standard InChI is InChI=1S/C42H27BN2S2/c1-3-13-26(14-4-1)28-25-29(27-15-5-2-6-16-27)40-38-39(28)44-32-19-7-9-21-34(32)46-36-23-11-17-30(41(36)44)43(38)31-18-12-24-37-42(31)45(40)33-20-8-10-22-35(33)47-37/h1-5,7-15,17-25H,6,16H2. The quantitative estimate of drug-likeness (QED) is 0.175. The SMILES string of the molecule is C1=CCCC(c2cc(-c3ccccc3)c3c4c2N2c5ccccc5Sc5cccc(c52)B4c2cccc4c2N3c2ccccc2S4)=C1. The zero-order valence-electron chi connectivity index (χ0n) is 25.5. The summed E-state index contributed by atoms with van der Waals surface area (Å²) in [6.07, 6.45) is 9.01. The number of hydrogen-bond acceptors (Lipinski definition) is 4. The lowest BCUT2D eigenvalue weighted by Gasteiger charge is -2.49. The van der Waals surface area contributed by atoms with Gasteiger partial charge >= 0.3 is 0 Å². The van der Waals surface area contributed by atoms with E-state index in [2.05, 4.69) is 149 Å². The van der Waals surface area contributed by atoms with Crippen molar-refractivity contribution in [3.63, 3.8) is 0 Å². The normalized spacial score (nSPS) is 15.7. The molecule has 220 valence electrons. The third-order valence-electron chi connectivity index (χ3n) is 10.3. The van der Waals surface area contributed by atoms with E-state index in [4.69, 9.17) is 0 Å². The number of rotatable bonds is 2. The average molecular weight is 635 g/mol. The van der Waals surface area contributed by atoms with Gasteiger partial charge in [-0.15, -0.1) is 0 Å². The van der Waals surface area contributed by atoms with Gasteiger partial charge in [-0.3, -0.25) is 0 Å². The Balaban J connectivity index is 1.36. The van der Waals surface area contributed by atoms with E-state index >= 15 is 0 Å². The highest BCUT2D eigenvalue weighted by Crippen LogP contribution is 2.59. The van der Waals surface area contributed by atoms with Crippen molar-refractivity contribution >= 4 is 86.3 Å². The van der Waals surface area contributed by atoms with Gasteiger partial charge in [0.05, 0.1) is 34.1 Å². The fraction of sp³-hybridized carbons (Fsp3) is 0.0476. The molecule has 4 heterocycles. The molecule has 0 saturated heterocycles. The molecule has 6 aromatic rings. The van der Waals surface area contributed by atoms with Crippen LogP contribution in [0.2, 0.25) is 0 Å². The first-order chi connectivity index (χ1) is 23.3. The van der Waals surface area contributed by atoms with Crippen LogP contribution in [0.4, 0.5) is 34.1 Å². The summed E-state index contributed by atoms with van der Waals surface area (Å²) in [6.45, 7) is 0.108. The molecule has 0 fully saturated rings. The van der Waals surface area contributed by atoms with Crippen LogP contribution in [-0.2, 0) is 0 Å². The van der Waals surface area contributed by atoms with Gasteiger partial charge in [0.2, 0.25) is 0 Å². The number of fused-ring (bicyclic) bond motifs is 8. The maximum atomic E-state index is 2.63. The number of allylic oxidation sites excluding steroid dienone is 4. The molecule has 0 bridgehead atoms. The molecule has 47 heavy (non-hydrogen) atoms. The molecule has 0 unspecified atom stereocenters. The average Bonchev–Trinajstić information content (AvgIpc) is 3.14. The highest BCUT2D eigenvalue weighted by Gasteiger charge is 2.49. The summed E-state index contributed by atoms with van der Waals surface area (Å²) < 4.78 is 0. The third-order valence-corrected chi connectivity index (χ3v) is 12.5. The Bertz CT molecular complexity index is 2380. The van der Waals surface area contributed by atoms with Crippen molar-refractivity contribution in [2.75, 3.05) is 9.80 Å². The largest absolute Gasteiger partial charge is 0.309 e. The van der Waals surface area contributed by atoms with Crippen LogP contribution < -0.4 is 26.2 Å². The van der Waals surface area contributed by atoms with E-state index in [1.54, 1.807) is 0 Å². The van der Waals surface area contributed by atoms with Crippen LogP contribution in [0, 0.1) is 0 Å². The Morgan fingerprint density at radius 2 is 1.11 bits per heavy atom. The van der Waals surface area contributed by atoms with E-state index in [9.17, 15) is 0 Å². The van der Waals surface area contributed by atoms with Crippen LogP contribution in [0.15, 0.2) is 159 Å². The third kappa shape index (κ3) is 3.56. The van der Waals surface area contributed by atoms with Crippen LogP contribution >= 0.6 is 23.5 Å². The molecular formula is C42H27BN2S2. The monoisotopic (exact) mass is 634 g/mol. The van der Waals surface area contributed by atoms with Crippen molar-refractivity contribution in [1.82, 2.24) is 0 Å². The summed E-state index contributed by atoms with van der Waals surface area (Å²) >= 11 is 3.82. The summed E-state index contributed by atoms with van der Waals surface area (Å²) in [6, 6.07) is 45.5. The summed E-state index contributed by atoms with van der Waals surface area (Å²) in [5, 5.41) is 0. The lowest BCUT2D eigenvalue weighted by molar-refractivity contribution is 1.05. The maximum Gasteiger partial charge on any atom is 0.252 e. The summed E-state index contributed by atoms with van der Waals surface area (Å²) in [5.74, 6) is 0. The number of para-hydroxylation sites is 4. The van der Waals surface area contributed by atoms with E-state index in [0.717, 1.165) is 12.8 Å². The highest BCUT2D eigenvalue weighted by molar-refractivity contribution is 8.00. The van der Waals surface area contributed by atoms with Crippen molar-refractivity contribution in [1.29, 1.82) is 0 Å². The van der Waals surface area contributed by atoms with Gasteiger partial charge in [0, 0.05) is 30.7 Å². The predicted molar refractivity (Wildman–Crippen MR) is 200 cm³/mol. The first kappa shape index (κ1) is 26.3. The van der Waals surface area contributed by atoms with Gasteiger partial charge in [0.1, 0.15) is 0 Å². The van der Waals surface area contributed by atoms with Crippen LogP contribution in [0.5, 0.6) is 0 Å². The molecule has 0 amide bonds. The predicted octanol–water partition coefficient (Wildman–Crippen LogP) is 10.1. The topological polar surface area (TPSA) is 6.48 Å². The van der Waals surface area contributed by atoms with Gasteiger partial charge in [-0.2, -0.15) is 0 Å². The maximum absolute atomic E-state index is 2.63. The first-order valence-corrected chi connectivity index (χ1v) is 18.0. The molecule has 5 heteroatoms. The molecular weight excluding hydrogens is 607 g/mol. The molecule has 0 spiro atoms. The smallest absolute Gasteiger partial charge is 0.252 e. The summed E-state index contributed by atoms with van der Waals surface area (Å²) in [5.41, 5.74) is 17.4. The molecule has 5 aliphatic rings. The lowest BCUT2D eigenvalue weighted by Crippen LogP contribution is -2.62. The van der Waals surface area contributed by atoms with Gasteiger partial charge in [-0.1, -0.05) is 121 Å². The summed E-state index contributed by atoms with van der Waals surface area (Å²) in [4.78, 5) is 10.5. The van der Waals surface area contributed by atoms with Crippen molar-refractivity contribution in [3.05, 3.63) is 145 Å². The second-order valence-electron chi connectivity index (χ2n) is 12.7. The van der Waals surface area contributed by atoms with E-state index in [1.807, 2.05) is 23.5 Å². The van der Waals surface area contributed by atoms with Crippen molar-refractivity contribution in [2.45, 2.75) is 32.4 Å². The molecule has 0 saturated carbocycles. The van der Waals surface area contributed by atoms with Gasteiger partial charge < -0.3 is 9.80 Å². The molecule has 0 aromatic heterocycles. The fourth-order valence-electron chi connectivity index (χ4n) is 8.41. The Hall–Kier alpha value is -4.84. The molecule has 11 rings (SSSR count). The highest BCUT2D eigenvalue weighted by atomic mass is 32.2. The first-order valence-electron chi connectivity index (χ1n) is 16.4. The molecule has 6 aromatic carbocycles. The molecule has 0 N–H and O–H groups in total. The van der Waals surface area contributed by atoms with Gasteiger partial charge in [-0.25, -0.2) is 0 Å². The fourth-order valence-corrected chi connectivity index (χ4v) is 10.6.